The zero-order valence-corrected chi connectivity index (χ0v) is 12.0. The third kappa shape index (κ3) is 6.78. The van der Waals surface area contributed by atoms with E-state index < -0.39 is 12.2 Å². The lowest BCUT2D eigenvalue weighted by molar-refractivity contribution is -0.105. The number of benzene rings is 1. The van der Waals surface area contributed by atoms with E-state index in [9.17, 15) is 8.78 Å². The standard InChI is InChI=1S/C16H22F2O2/c1-3-19-15(20-4-2)11-13-16(17,18)12-10-14-8-6-5-7-9-14/h5-9,11,13,15H,3-4,10,12H2,1-2H3/b13-11-. The normalized spacial score (nSPS) is 12.4. The Labute approximate surface area is 119 Å². The Hall–Kier alpha value is -1.26. The molecule has 0 aliphatic heterocycles. The highest BCUT2D eigenvalue weighted by molar-refractivity contribution is 5.15. The summed E-state index contributed by atoms with van der Waals surface area (Å²) in [5, 5.41) is 0. The molecule has 0 aromatic heterocycles. The van der Waals surface area contributed by atoms with Crippen LogP contribution >= 0.6 is 0 Å². The minimum atomic E-state index is -2.86. The molecule has 0 fully saturated rings. The molecule has 2 nitrogen and oxygen atoms in total. The summed E-state index contributed by atoms with van der Waals surface area (Å²) in [5.74, 6) is -2.86. The molecule has 0 N–H and O–H groups in total. The molecule has 1 aromatic rings. The molecule has 20 heavy (non-hydrogen) atoms. The summed E-state index contributed by atoms with van der Waals surface area (Å²) in [6.45, 7) is 4.44. The van der Waals surface area contributed by atoms with Crippen molar-refractivity contribution in [3.05, 3.63) is 48.0 Å². The van der Waals surface area contributed by atoms with Gasteiger partial charge in [0, 0.05) is 19.6 Å². The van der Waals surface area contributed by atoms with E-state index in [2.05, 4.69) is 0 Å². The van der Waals surface area contributed by atoms with E-state index in [4.69, 9.17) is 9.47 Å². The van der Waals surface area contributed by atoms with Crippen LogP contribution in [0.4, 0.5) is 8.78 Å². The quantitative estimate of drug-likeness (QED) is 0.499. The molecule has 112 valence electrons. The van der Waals surface area contributed by atoms with Gasteiger partial charge in [-0.1, -0.05) is 30.3 Å². The zero-order chi connectivity index (χ0) is 14.8. The van der Waals surface area contributed by atoms with Gasteiger partial charge in [-0.05, 0) is 38.0 Å². The fourth-order valence-corrected chi connectivity index (χ4v) is 1.75. The van der Waals surface area contributed by atoms with Crippen LogP contribution in [0.2, 0.25) is 0 Å². The van der Waals surface area contributed by atoms with Gasteiger partial charge in [0.05, 0.1) is 0 Å². The molecule has 0 amide bonds. The predicted octanol–water partition coefficient (Wildman–Crippen LogP) is 4.21. The second-order valence-electron chi connectivity index (χ2n) is 4.38. The van der Waals surface area contributed by atoms with Crippen molar-refractivity contribution >= 4 is 0 Å². The monoisotopic (exact) mass is 284 g/mol. The predicted molar refractivity (Wildman–Crippen MR) is 75.9 cm³/mol. The number of halogens is 2. The lowest BCUT2D eigenvalue weighted by atomic mass is 10.1. The molecule has 0 radical (unpaired) electrons. The maximum atomic E-state index is 13.8. The van der Waals surface area contributed by atoms with Crippen LogP contribution in [0, 0.1) is 0 Å². The average Bonchev–Trinajstić information content (AvgIpc) is 2.45. The molecular formula is C16H22F2O2. The van der Waals surface area contributed by atoms with Crippen molar-refractivity contribution in [2.45, 2.75) is 38.9 Å². The number of aryl methyl sites for hydroxylation is 1. The van der Waals surface area contributed by atoms with Gasteiger partial charge >= 0.3 is 0 Å². The van der Waals surface area contributed by atoms with Gasteiger partial charge in [0.25, 0.3) is 5.92 Å². The van der Waals surface area contributed by atoms with Crippen LogP contribution in [0.25, 0.3) is 0 Å². The first kappa shape index (κ1) is 16.8. The largest absolute Gasteiger partial charge is 0.349 e. The number of ether oxygens (including phenoxy) is 2. The molecule has 0 unspecified atom stereocenters. The number of rotatable bonds is 9. The summed E-state index contributed by atoms with van der Waals surface area (Å²) in [5.41, 5.74) is 0.909. The first-order valence-corrected chi connectivity index (χ1v) is 6.91. The lowest BCUT2D eigenvalue weighted by Gasteiger charge is -2.15. The molecule has 0 heterocycles. The number of alkyl halides is 2. The molecular weight excluding hydrogens is 262 g/mol. The second-order valence-corrected chi connectivity index (χ2v) is 4.38. The second kappa shape index (κ2) is 8.82. The van der Waals surface area contributed by atoms with E-state index >= 15 is 0 Å². The van der Waals surface area contributed by atoms with E-state index in [1.807, 2.05) is 30.3 Å². The van der Waals surface area contributed by atoms with Crippen LogP contribution in [-0.4, -0.2) is 25.4 Å². The molecule has 0 atom stereocenters. The summed E-state index contributed by atoms with van der Waals surface area (Å²) in [4.78, 5) is 0. The van der Waals surface area contributed by atoms with Gasteiger partial charge < -0.3 is 9.47 Å². The third-order valence-corrected chi connectivity index (χ3v) is 2.75. The third-order valence-electron chi connectivity index (χ3n) is 2.75. The maximum Gasteiger partial charge on any atom is 0.266 e. The Kier molecular flexibility index (Phi) is 7.41. The van der Waals surface area contributed by atoms with Crippen molar-refractivity contribution < 1.29 is 18.3 Å². The Bertz CT molecular complexity index is 385. The fourth-order valence-electron chi connectivity index (χ4n) is 1.75. The van der Waals surface area contributed by atoms with Crippen LogP contribution < -0.4 is 0 Å². The molecule has 0 spiro atoms. The van der Waals surface area contributed by atoms with Crippen LogP contribution in [-0.2, 0) is 15.9 Å². The highest BCUT2D eigenvalue weighted by Crippen LogP contribution is 2.23. The lowest BCUT2D eigenvalue weighted by Crippen LogP contribution is -2.18. The Morgan fingerprint density at radius 2 is 1.70 bits per heavy atom. The van der Waals surface area contributed by atoms with Crippen molar-refractivity contribution in [3.63, 3.8) is 0 Å². The summed E-state index contributed by atoms with van der Waals surface area (Å²) >= 11 is 0. The van der Waals surface area contributed by atoms with Crippen LogP contribution in [0.3, 0.4) is 0 Å². The summed E-state index contributed by atoms with van der Waals surface area (Å²) in [7, 11) is 0. The van der Waals surface area contributed by atoms with Crippen LogP contribution in [0.1, 0.15) is 25.8 Å². The van der Waals surface area contributed by atoms with Crippen molar-refractivity contribution in [1.82, 2.24) is 0 Å². The number of allylic oxidation sites excluding steroid dienone is 1. The van der Waals surface area contributed by atoms with Gasteiger partial charge in [0.2, 0.25) is 0 Å². The first-order chi connectivity index (χ1) is 9.57. The average molecular weight is 284 g/mol. The van der Waals surface area contributed by atoms with Crippen molar-refractivity contribution in [3.8, 4) is 0 Å². The summed E-state index contributed by atoms with van der Waals surface area (Å²) in [6, 6.07) is 9.27. The fraction of sp³-hybridized carbons (Fsp3) is 0.500. The molecule has 0 aliphatic carbocycles. The van der Waals surface area contributed by atoms with E-state index in [0.29, 0.717) is 19.6 Å². The minimum Gasteiger partial charge on any atom is -0.349 e. The first-order valence-electron chi connectivity index (χ1n) is 6.91. The van der Waals surface area contributed by atoms with Gasteiger partial charge in [-0.2, -0.15) is 0 Å². The van der Waals surface area contributed by atoms with Gasteiger partial charge in [-0.15, -0.1) is 0 Å². The minimum absolute atomic E-state index is 0.224. The van der Waals surface area contributed by atoms with E-state index in [-0.39, 0.29) is 6.42 Å². The van der Waals surface area contributed by atoms with Crippen molar-refractivity contribution in [2.75, 3.05) is 13.2 Å². The number of hydrogen-bond acceptors (Lipinski definition) is 2. The molecule has 0 aliphatic rings. The van der Waals surface area contributed by atoms with Gasteiger partial charge in [0.1, 0.15) is 0 Å². The molecule has 0 saturated heterocycles. The molecule has 4 heteroatoms. The van der Waals surface area contributed by atoms with E-state index in [1.54, 1.807) is 13.8 Å². The van der Waals surface area contributed by atoms with E-state index in [1.165, 1.54) is 6.08 Å². The number of hydrogen-bond donors (Lipinski definition) is 0. The Morgan fingerprint density at radius 1 is 1.10 bits per heavy atom. The molecule has 1 aromatic carbocycles. The van der Waals surface area contributed by atoms with Crippen LogP contribution in [0.15, 0.2) is 42.5 Å². The SMILES string of the molecule is CCOC(/C=C\C(F)(F)CCc1ccccc1)OCC. The molecule has 0 saturated carbocycles. The highest BCUT2D eigenvalue weighted by atomic mass is 19.3. The van der Waals surface area contributed by atoms with Crippen molar-refractivity contribution in [1.29, 1.82) is 0 Å². The zero-order valence-electron chi connectivity index (χ0n) is 12.0. The van der Waals surface area contributed by atoms with Crippen LogP contribution in [0.5, 0.6) is 0 Å². The van der Waals surface area contributed by atoms with Crippen molar-refractivity contribution in [2.24, 2.45) is 0 Å². The Balaban J connectivity index is 2.50. The maximum absolute atomic E-state index is 13.8. The van der Waals surface area contributed by atoms with Gasteiger partial charge in [-0.25, -0.2) is 8.78 Å². The molecule has 0 bridgehead atoms. The molecule has 1 rings (SSSR count). The van der Waals surface area contributed by atoms with Gasteiger partial charge in [-0.3, -0.25) is 0 Å². The topological polar surface area (TPSA) is 18.5 Å². The summed E-state index contributed by atoms with van der Waals surface area (Å²) in [6.07, 6.45) is 1.58. The Morgan fingerprint density at radius 3 is 2.25 bits per heavy atom. The van der Waals surface area contributed by atoms with E-state index in [0.717, 1.165) is 11.6 Å². The highest BCUT2D eigenvalue weighted by Gasteiger charge is 2.25. The summed E-state index contributed by atoms with van der Waals surface area (Å²) < 4.78 is 37.9. The smallest absolute Gasteiger partial charge is 0.266 e. The van der Waals surface area contributed by atoms with Gasteiger partial charge in [0.15, 0.2) is 6.29 Å².